The van der Waals surface area contributed by atoms with Crippen molar-refractivity contribution in [2.24, 2.45) is 4.99 Å². The molecule has 2 aliphatic heterocycles. The van der Waals surface area contributed by atoms with Crippen LogP contribution >= 0.6 is 6.83 Å². The van der Waals surface area contributed by atoms with E-state index in [0.29, 0.717) is 11.6 Å². The fourth-order valence-electron chi connectivity index (χ4n) is 4.84. The van der Waals surface area contributed by atoms with Gasteiger partial charge >= 0.3 is 192 Å². The Morgan fingerprint density at radius 3 is 1.48 bits per heavy atom. The third-order valence-corrected chi connectivity index (χ3v) is 11.6. The second-order valence-corrected chi connectivity index (χ2v) is 12.3. The zero-order chi connectivity index (χ0) is 22.3. The standard InChI is InChI=1S/C28H21N2O2P/c31-28-29-27-26(30(28)22-13-5-1-6-14-22)21-33(32-27,23-15-7-2-8-16-23,24-17-9-3-10-18-24)25-19-11-4-12-20-25/h1-21H. The molecule has 4 aromatic carbocycles. The van der Waals surface area contributed by atoms with E-state index >= 15 is 0 Å². The van der Waals surface area contributed by atoms with E-state index in [1.165, 1.54) is 0 Å². The van der Waals surface area contributed by atoms with E-state index < -0.39 is 6.83 Å². The summed E-state index contributed by atoms with van der Waals surface area (Å²) >= 11 is 0. The van der Waals surface area contributed by atoms with Crippen molar-refractivity contribution >= 4 is 40.4 Å². The van der Waals surface area contributed by atoms with Crippen molar-refractivity contribution < 1.29 is 9.32 Å². The van der Waals surface area contributed by atoms with Crippen LogP contribution in [0.4, 0.5) is 10.5 Å². The Labute approximate surface area is 192 Å². The van der Waals surface area contributed by atoms with Gasteiger partial charge in [0, 0.05) is 0 Å². The van der Waals surface area contributed by atoms with Crippen molar-refractivity contribution in [1.82, 2.24) is 0 Å². The molecule has 6 rings (SSSR count). The van der Waals surface area contributed by atoms with E-state index in [1.54, 1.807) is 4.90 Å². The van der Waals surface area contributed by atoms with Crippen LogP contribution in [0.15, 0.2) is 138 Å². The zero-order valence-corrected chi connectivity index (χ0v) is 18.7. The number of rotatable bonds is 4. The normalized spacial score (nSPS) is 19.0. The molecule has 0 saturated carbocycles. The van der Waals surface area contributed by atoms with E-state index in [4.69, 9.17) is 4.52 Å². The monoisotopic (exact) mass is 448 g/mol. The van der Waals surface area contributed by atoms with Crippen molar-refractivity contribution in [2.45, 2.75) is 0 Å². The molecule has 4 nitrogen and oxygen atoms in total. The van der Waals surface area contributed by atoms with Gasteiger partial charge in [0.05, 0.1) is 0 Å². The number of urea groups is 1. The molecule has 0 saturated heterocycles. The number of aliphatic imine (C=N–C) groups is 1. The summed E-state index contributed by atoms with van der Waals surface area (Å²) in [6, 6.07) is 40.2. The van der Waals surface area contributed by atoms with Crippen molar-refractivity contribution in [3.05, 3.63) is 133 Å². The molecule has 33 heavy (non-hydrogen) atoms. The molecule has 0 unspecified atom stereocenters. The Bertz CT molecular complexity index is 1300. The molecule has 0 aromatic heterocycles. The summed E-state index contributed by atoms with van der Waals surface area (Å²) in [4.78, 5) is 19.0. The van der Waals surface area contributed by atoms with E-state index in [2.05, 4.69) is 47.2 Å². The summed E-state index contributed by atoms with van der Waals surface area (Å²) in [5.41, 5.74) is 1.46. The van der Waals surface area contributed by atoms with Gasteiger partial charge in [-0.05, 0) is 0 Å². The van der Waals surface area contributed by atoms with E-state index in [0.717, 1.165) is 21.6 Å². The molecule has 2 aliphatic rings. The average Bonchev–Trinajstić information content (AvgIpc) is 3.38. The number of fused-ring (bicyclic) bond motifs is 1. The third kappa shape index (κ3) is 2.68. The first-order chi connectivity index (χ1) is 16.2. The fraction of sp³-hybridized carbons (Fsp3) is 0. The van der Waals surface area contributed by atoms with Crippen LogP contribution in [-0.4, -0.2) is 11.9 Å². The van der Waals surface area contributed by atoms with E-state index in [-0.39, 0.29) is 6.03 Å². The number of anilines is 1. The quantitative estimate of drug-likeness (QED) is 0.396. The zero-order valence-electron chi connectivity index (χ0n) is 17.8. The minimum absolute atomic E-state index is 0.340. The van der Waals surface area contributed by atoms with Crippen LogP contribution < -0.4 is 20.8 Å². The molecule has 2 heterocycles. The van der Waals surface area contributed by atoms with Gasteiger partial charge in [-0.1, -0.05) is 0 Å². The summed E-state index contributed by atoms with van der Waals surface area (Å²) < 4.78 is 7.07. The maximum atomic E-state index is 12.9. The van der Waals surface area contributed by atoms with Crippen molar-refractivity contribution in [2.75, 3.05) is 4.90 Å². The second kappa shape index (κ2) is 7.26. The summed E-state index contributed by atoms with van der Waals surface area (Å²) in [6.07, 6.45) is 0. The average molecular weight is 448 g/mol. The van der Waals surface area contributed by atoms with Gasteiger partial charge in [0.25, 0.3) is 0 Å². The molecule has 2 amide bonds. The predicted octanol–water partition coefficient (Wildman–Crippen LogP) is 5.34. The van der Waals surface area contributed by atoms with Gasteiger partial charge in [0.15, 0.2) is 0 Å². The van der Waals surface area contributed by atoms with Crippen molar-refractivity contribution in [3.63, 3.8) is 0 Å². The number of hydrogen-bond donors (Lipinski definition) is 0. The van der Waals surface area contributed by atoms with Crippen LogP contribution in [0.2, 0.25) is 0 Å². The molecule has 0 aliphatic carbocycles. The Kier molecular flexibility index (Phi) is 4.33. The van der Waals surface area contributed by atoms with E-state index in [1.807, 2.05) is 84.9 Å². The summed E-state index contributed by atoms with van der Waals surface area (Å²) in [7, 11) is 0. The van der Waals surface area contributed by atoms with Crippen LogP contribution in [0.25, 0.3) is 0 Å². The molecule has 0 fully saturated rings. The molecule has 0 N–H and O–H groups in total. The van der Waals surface area contributed by atoms with Gasteiger partial charge in [-0.15, -0.1) is 0 Å². The van der Waals surface area contributed by atoms with Crippen LogP contribution in [0.5, 0.6) is 0 Å². The third-order valence-electron chi connectivity index (χ3n) is 6.31. The van der Waals surface area contributed by atoms with Crippen LogP contribution in [0.1, 0.15) is 0 Å². The number of carbonyl (C=O) groups is 1. The maximum absolute atomic E-state index is 12.9. The van der Waals surface area contributed by atoms with Crippen LogP contribution in [-0.2, 0) is 4.52 Å². The number of carbonyl (C=O) groups excluding carboxylic acids is 1. The number of amides is 2. The SMILES string of the molecule is O=C1N=C2OP(c3ccccc3)(c3ccccc3)(c3ccccc3)C=C2N1c1ccccc1. The van der Waals surface area contributed by atoms with Gasteiger partial charge in [0.2, 0.25) is 0 Å². The summed E-state index contributed by atoms with van der Waals surface area (Å²) in [5.74, 6) is 2.56. The summed E-state index contributed by atoms with van der Waals surface area (Å²) in [5, 5.41) is 3.18. The predicted molar refractivity (Wildman–Crippen MR) is 136 cm³/mol. The van der Waals surface area contributed by atoms with Gasteiger partial charge in [-0.2, -0.15) is 0 Å². The van der Waals surface area contributed by atoms with Gasteiger partial charge in [0.1, 0.15) is 0 Å². The number of para-hydroxylation sites is 1. The number of benzene rings is 4. The first-order valence-corrected chi connectivity index (χ1v) is 13.0. The Morgan fingerprint density at radius 1 is 0.606 bits per heavy atom. The van der Waals surface area contributed by atoms with Crippen molar-refractivity contribution in [3.8, 4) is 0 Å². The minimum atomic E-state index is -3.62. The summed E-state index contributed by atoms with van der Waals surface area (Å²) in [6.45, 7) is -3.62. The molecule has 5 heteroatoms. The Morgan fingerprint density at radius 2 is 1.03 bits per heavy atom. The topological polar surface area (TPSA) is 41.9 Å². The fourth-order valence-corrected chi connectivity index (χ4v) is 10.0. The van der Waals surface area contributed by atoms with Gasteiger partial charge in [-0.3, -0.25) is 0 Å². The number of hydrogen-bond acceptors (Lipinski definition) is 2. The Balaban J connectivity index is 1.73. The van der Waals surface area contributed by atoms with Crippen LogP contribution in [0.3, 0.4) is 0 Å². The molecular weight excluding hydrogens is 427 g/mol. The molecule has 0 spiro atoms. The van der Waals surface area contributed by atoms with Gasteiger partial charge < -0.3 is 0 Å². The van der Waals surface area contributed by atoms with Crippen molar-refractivity contribution in [1.29, 1.82) is 0 Å². The number of nitrogens with zero attached hydrogens (tertiary/aromatic N) is 2. The first-order valence-electron chi connectivity index (χ1n) is 10.8. The van der Waals surface area contributed by atoms with E-state index in [9.17, 15) is 4.79 Å². The first kappa shape index (κ1) is 19.7. The molecule has 4 aromatic rings. The second-order valence-electron chi connectivity index (χ2n) is 8.08. The molecule has 0 atom stereocenters. The molecular formula is C28H21N2O2P. The molecule has 0 radical (unpaired) electrons. The van der Waals surface area contributed by atoms with Crippen LogP contribution in [0, 0.1) is 0 Å². The Hall–Kier alpha value is -4.01. The molecule has 0 bridgehead atoms. The van der Waals surface area contributed by atoms with Gasteiger partial charge in [-0.25, -0.2) is 0 Å². The molecule has 160 valence electrons.